The van der Waals surface area contributed by atoms with E-state index in [0.29, 0.717) is 0 Å². The summed E-state index contributed by atoms with van der Waals surface area (Å²) >= 11 is -0.264. The number of allylic oxidation sites excluding steroid dienone is 3. The van der Waals surface area contributed by atoms with Crippen molar-refractivity contribution >= 4 is 30.1 Å². The van der Waals surface area contributed by atoms with Crippen LogP contribution in [0.1, 0.15) is 31.2 Å². The first-order valence-corrected chi connectivity index (χ1v) is 10.1. The van der Waals surface area contributed by atoms with Crippen molar-refractivity contribution in [1.29, 1.82) is 0 Å². The maximum absolute atomic E-state index is 2.53. The molecular weight excluding hydrogens is 368 g/mol. The molecule has 106 valence electrons. The summed E-state index contributed by atoms with van der Waals surface area (Å²) in [6, 6.07) is 21.8. The Hall–Kier alpha value is -1.29. The van der Waals surface area contributed by atoms with Crippen LogP contribution in [0.25, 0.3) is 5.57 Å². The van der Waals surface area contributed by atoms with Crippen LogP contribution in [0.15, 0.2) is 76.4 Å². The molecule has 0 aromatic heterocycles. The molecule has 3 rings (SSSR count). The molecule has 2 aromatic rings. The molecule has 0 atom stereocenters. The van der Waals surface area contributed by atoms with E-state index in [0.717, 1.165) is 0 Å². The molecule has 0 spiro atoms. The Morgan fingerprint density at radius 2 is 1.57 bits per heavy atom. The molecule has 0 saturated carbocycles. The van der Waals surface area contributed by atoms with E-state index in [1.807, 2.05) is 0 Å². The van der Waals surface area contributed by atoms with Gasteiger partial charge < -0.3 is 0 Å². The Morgan fingerprint density at radius 3 is 2.24 bits per heavy atom. The predicted octanol–water partition coefficient (Wildman–Crippen LogP) is 4.56. The Kier molecular flexibility index (Phi) is 5.33. The summed E-state index contributed by atoms with van der Waals surface area (Å²) in [5.74, 6) is 0. The van der Waals surface area contributed by atoms with Gasteiger partial charge in [0.15, 0.2) is 0 Å². The molecule has 0 unspecified atom stereocenters. The van der Waals surface area contributed by atoms with Gasteiger partial charge in [0, 0.05) is 0 Å². The third-order valence-corrected chi connectivity index (χ3v) is 6.34. The van der Waals surface area contributed by atoms with Crippen molar-refractivity contribution in [3.05, 3.63) is 82.0 Å². The molecular formula is C20H20Te. The van der Waals surface area contributed by atoms with Crippen LogP contribution in [0.2, 0.25) is 0 Å². The summed E-state index contributed by atoms with van der Waals surface area (Å²) < 4.78 is 4.04. The maximum atomic E-state index is 2.53. The summed E-state index contributed by atoms with van der Waals surface area (Å²) in [6.07, 6.45) is 7.62. The zero-order chi connectivity index (χ0) is 14.3. The van der Waals surface area contributed by atoms with E-state index < -0.39 is 0 Å². The molecule has 1 heteroatoms. The molecule has 21 heavy (non-hydrogen) atoms. The molecule has 1 aliphatic rings. The third-order valence-electron chi connectivity index (χ3n) is 3.78. The second-order valence-electron chi connectivity index (χ2n) is 5.30. The van der Waals surface area contributed by atoms with E-state index in [1.54, 1.807) is 5.57 Å². The van der Waals surface area contributed by atoms with E-state index in [-0.39, 0.29) is 20.9 Å². The van der Waals surface area contributed by atoms with Crippen LogP contribution in [0.3, 0.4) is 0 Å². The van der Waals surface area contributed by atoms with Crippen LogP contribution < -0.4 is 3.61 Å². The van der Waals surface area contributed by atoms with Gasteiger partial charge in [-0.3, -0.25) is 0 Å². The van der Waals surface area contributed by atoms with E-state index in [9.17, 15) is 0 Å². The second-order valence-corrected chi connectivity index (χ2v) is 7.99. The van der Waals surface area contributed by atoms with E-state index in [4.69, 9.17) is 0 Å². The summed E-state index contributed by atoms with van der Waals surface area (Å²) in [6.45, 7) is 0. The van der Waals surface area contributed by atoms with Crippen LogP contribution in [-0.4, -0.2) is 20.9 Å². The van der Waals surface area contributed by atoms with Gasteiger partial charge in [-0.15, -0.1) is 0 Å². The van der Waals surface area contributed by atoms with Gasteiger partial charge in [-0.25, -0.2) is 0 Å². The topological polar surface area (TPSA) is 0 Å². The quantitative estimate of drug-likeness (QED) is 0.675. The molecule has 0 amide bonds. The molecule has 0 bridgehead atoms. The first-order chi connectivity index (χ1) is 10.4. The SMILES string of the molecule is C1=C(/C(=C/[Te]c2ccccc2)c2ccccc2)CCCC1. The van der Waals surface area contributed by atoms with Gasteiger partial charge in [-0.05, 0) is 0 Å². The molecule has 0 nitrogen and oxygen atoms in total. The monoisotopic (exact) mass is 390 g/mol. The van der Waals surface area contributed by atoms with Gasteiger partial charge >= 0.3 is 138 Å². The molecule has 0 radical (unpaired) electrons. The van der Waals surface area contributed by atoms with Gasteiger partial charge in [0.2, 0.25) is 0 Å². The Morgan fingerprint density at radius 1 is 0.857 bits per heavy atom. The molecule has 0 heterocycles. The molecule has 0 N–H and O–H groups in total. The van der Waals surface area contributed by atoms with E-state index in [1.165, 1.54) is 40.4 Å². The standard InChI is InChI=1S/C20H20Te/c1-4-10-17(11-5-1)20(18-12-6-2-7-13-18)16-21-19-14-8-3-9-15-19/h1,3-5,8-12,14-16H,2,6-7,13H2/b20-16+. The van der Waals surface area contributed by atoms with Crippen molar-refractivity contribution in [1.82, 2.24) is 0 Å². The fourth-order valence-corrected chi connectivity index (χ4v) is 5.10. The van der Waals surface area contributed by atoms with Crippen molar-refractivity contribution < 1.29 is 0 Å². The van der Waals surface area contributed by atoms with E-state index >= 15 is 0 Å². The molecule has 1 aliphatic carbocycles. The minimum absolute atomic E-state index is 0.264. The fourth-order valence-electron chi connectivity index (χ4n) is 2.66. The summed E-state index contributed by atoms with van der Waals surface area (Å²) in [7, 11) is 0. The van der Waals surface area contributed by atoms with Crippen LogP contribution in [0, 0.1) is 0 Å². The average molecular weight is 388 g/mol. The zero-order valence-electron chi connectivity index (χ0n) is 12.2. The normalized spacial score (nSPS) is 15.6. The van der Waals surface area contributed by atoms with Crippen molar-refractivity contribution in [2.75, 3.05) is 0 Å². The Bertz CT molecular complexity index is 623. The number of benzene rings is 2. The van der Waals surface area contributed by atoms with Crippen LogP contribution in [0.4, 0.5) is 0 Å². The first kappa shape index (κ1) is 14.6. The summed E-state index contributed by atoms with van der Waals surface area (Å²) in [5.41, 5.74) is 4.43. The molecule has 0 fully saturated rings. The molecule has 2 aromatic carbocycles. The van der Waals surface area contributed by atoms with Gasteiger partial charge in [-0.2, -0.15) is 0 Å². The number of hydrogen-bond acceptors (Lipinski definition) is 0. The minimum atomic E-state index is -0.264. The second kappa shape index (κ2) is 7.64. The van der Waals surface area contributed by atoms with Crippen LogP contribution >= 0.6 is 0 Å². The molecule has 0 saturated heterocycles. The van der Waals surface area contributed by atoms with E-state index in [2.05, 4.69) is 70.9 Å². The average Bonchev–Trinajstić information content (AvgIpc) is 2.58. The summed E-state index contributed by atoms with van der Waals surface area (Å²) in [4.78, 5) is 0. The Balaban J connectivity index is 1.90. The number of hydrogen-bond donors (Lipinski definition) is 0. The van der Waals surface area contributed by atoms with Gasteiger partial charge in [0.25, 0.3) is 0 Å². The number of rotatable bonds is 4. The van der Waals surface area contributed by atoms with Crippen molar-refractivity contribution in [3.63, 3.8) is 0 Å². The van der Waals surface area contributed by atoms with Crippen LogP contribution in [-0.2, 0) is 0 Å². The van der Waals surface area contributed by atoms with Crippen molar-refractivity contribution in [2.45, 2.75) is 25.7 Å². The van der Waals surface area contributed by atoms with Gasteiger partial charge in [0.05, 0.1) is 0 Å². The first-order valence-electron chi connectivity index (χ1n) is 7.60. The molecule has 0 aliphatic heterocycles. The predicted molar refractivity (Wildman–Crippen MR) is 92.8 cm³/mol. The summed E-state index contributed by atoms with van der Waals surface area (Å²) in [5, 5.41) is 0. The van der Waals surface area contributed by atoms with Crippen molar-refractivity contribution in [2.24, 2.45) is 0 Å². The zero-order valence-corrected chi connectivity index (χ0v) is 14.5. The van der Waals surface area contributed by atoms with Crippen LogP contribution in [0.5, 0.6) is 0 Å². The van der Waals surface area contributed by atoms with Gasteiger partial charge in [-0.1, -0.05) is 0 Å². The van der Waals surface area contributed by atoms with Crippen molar-refractivity contribution in [3.8, 4) is 0 Å². The van der Waals surface area contributed by atoms with Gasteiger partial charge in [0.1, 0.15) is 0 Å². The Labute approximate surface area is 137 Å². The fraction of sp³-hybridized carbons (Fsp3) is 0.200. The third kappa shape index (κ3) is 4.10.